The van der Waals surface area contributed by atoms with E-state index in [0.29, 0.717) is 22.8 Å². The van der Waals surface area contributed by atoms with Gasteiger partial charge in [-0.15, -0.1) is 0 Å². The van der Waals surface area contributed by atoms with Crippen LogP contribution in [0.15, 0.2) is 29.1 Å². The lowest BCUT2D eigenvalue weighted by Crippen LogP contribution is -2.21. The second-order valence-corrected chi connectivity index (χ2v) is 6.27. The van der Waals surface area contributed by atoms with E-state index >= 15 is 0 Å². The Hall–Kier alpha value is -1.69. The zero-order valence-electron chi connectivity index (χ0n) is 12.1. The fraction of sp³-hybridized carbons (Fsp3) is 0.250. The molecule has 1 aliphatic carbocycles. The zero-order valence-corrected chi connectivity index (χ0v) is 13.7. The molecule has 3 rings (SSSR count). The molecule has 2 aromatic rings. The van der Waals surface area contributed by atoms with Crippen LogP contribution < -0.4 is 11.3 Å². The van der Waals surface area contributed by atoms with E-state index in [2.05, 4.69) is 4.98 Å². The van der Waals surface area contributed by atoms with Gasteiger partial charge in [0, 0.05) is 16.6 Å². The quantitative estimate of drug-likeness (QED) is 0.848. The minimum absolute atomic E-state index is 0.107. The van der Waals surface area contributed by atoms with E-state index in [1.54, 1.807) is 0 Å². The smallest absolute Gasteiger partial charge is 0.255 e. The van der Waals surface area contributed by atoms with Gasteiger partial charge in [0.1, 0.15) is 0 Å². The van der Waals surface area contributed by atoms with Crippen molar-refractivity contribution in [2.75, 3.05) is 0 Å². The van der Waals surface area contributed by atoms with E-state index in [4.69, 9.17) is 29.6 Å². The molecule has 0 aliphatic heterocycles. The van der Waals surface area contributed by atoms with E-state index in [9.17, 15) is 4.79 Å². The molecule has 3 N–H and O–H groups in total. The summed E-state index contributed by atoms with van der Waals surface area (Å²) in [4.78, 5) is 14.7. The van der Waals surface area contributed by atoms with Crippen molar-refractivity contribution in [3.8, 4) is 0 Å². The van der Waals surface area contributed by atoms with Crippen LogP contribution in [0.4, 0.5) is 0 Å². The Morgan fingerprint density at radius 3 is 3.00 bits per heavy atom. The Morgan fingerprint density at radius 2 is 2.27 bits per heavy atom. The summed E-state index contributed by atoms with van der Waals surface area (Å²) in [5.41, 5.74) is 9.60. The standard InChI is InChI=1S/C16H16ClN3OS/c1-9(18)13-7-11(17)6-5-10(13)8-20-14-4-2-3-12(14)15(21)19-16(20)22/h2,4-7,9H,3,8,18H2,1H3,(H,19,21,22). The molecule has 1 heterocycles. The first-order chi connectivity index (χ1) is 10.5. The number of benzene rings is 1. The lowest BCUT2D eigenvalue weighted by atomic mass is 10.0. The van der Waals surface area contributed by atoms with Crippen molar-refractivity contribution in [1.82, 2.24) is 9.55 Å². The fourth-order valence-electron chi connectivity index (χ4n) is 2.77. The van der Waals surface area contributed by atoms with Crippen LogP contribution in [0.3, 0.4) is 0 Å². The highest BCUT2D eigenvalue weighted by atomic mass is 35.5. The maximum absolute atomic E-state index is 11.9. The topological polar surface area (TPSA) is 63.8 Å². The van der Waals surface area contributed by atoms with Crippen molar-refractivity contribution in [3.63, 3.8) is 0 Å². The van der Waals surface area contributed by atoms with Crippen molar-refractivity contribution in [1.29, 1.82) is 0 Å². The minimum Gasteiger partial charge on any atom is -0.324 e. The minimum atomic E-state index is -0.130. The van der Waals surface area contributed by atoms with Crippen molar-refractivity contribution < 1.29 is 0 Å². The molecule has 1 aromatic heterocycles. The monoisotopic (exact) mass is 333 g/mol. The Bertz CT molecular complexity index is 880. The molecule has 4 nitrogen and oxygen atoms in total. The van der Waals surface area contributed by atoms with E-state index in [0.717, 1.165) is 22.4 Å². The number of nitrogens with one attached hydrogen (secondary N) is 1. The highest BCUT2D eigenvalue weighted by molar-refractivity contribution is 7.71. The van der Waals surface area contributed by atoms with Crippen LogP contribution in [0, 0.1) is 4.77 Å². The van der Waals surface area contributed by atoms with Crippen molar-refractivity contribution in [2.24, 2.45) is 5.73 Å². The Morgan fingerprint density at radius 1 is 1.50 bits per heavy atom. The highest BCUT2D eigenvalue weighted by Crippen LogP contribution is 2.24. The van der Waals surface area contributed by atoms with Gasteiger partial charge in [0.25, 0.3) is 5.56 Å². The van der Waals surface area contributed by atoms with Crippen LogP contribution in [-0.4, -0.2) is 9.55 Å². The Balaban J connectivity index is 2.13. The lowest BCUT2D eigenvalue weighted by molar-refractivity contribution is 0.707. The Kier molecular flexibility index (Phi) is 4.04. The van der Waals surface area contributed by atoms with Gasteiger partial charge in [-0.3, -0.25) is 9.78 Å². The van der Waals surface area contributed by atoms with Gasteiger partial charge in [-0.25, -0.2) is 0 Å². The summed E-state index contributed by atoms with van der Waals surface area (Å²) in [6.07, 6.45) is 4.56. The number of allylic oxidation sites excluding steroid dienone is 1. The summed E-state index contributed by atoms with van der Waals surface area (Å²) in [5.74, 6) is 0. The van der Waals surface area contributed by atoms with Gasteiger partial charge in [-0.05, 0) is 54.9 Å². The van der Waals surface area contributed by atoms with Crippen LogP contribution in [0.25, 0.3) is 6.08 Å². The molecule has 1 unspecified atom stereocenters. The predicted molar refractivity (Wildman–Crippen MR) is 91.8 cm³/mol. The number of halogens is 1. The summed E-state index contributed by atoms with van der Waals surface area (Å²) in [6.45, 7) is 2.47. The number of rotatable bonds is 3. The third kappa shape index (κ3) is 2.67. The molecule has 0 saturated heterocycles. The van der Waals surface area contributed by atoms with Crippen LogP contribution in [-0.2, 0) is 13.0 Å². The van der Waals surface area contributed by atoms with Gasteiger partial charge >= 0.3 is 0 Å². The van der Waals surface area contributed by atoms with Crippen LogP contribution >= 0.6 is 23.8 Å². The van der Waals surface area contributed by atoms with Crippen molar-refractivity contribution in [3.05, 3.63) is 66.8 Å². The van der Waals surface area contributed by atoms with Gasteiger partial charge in [-0.1, -0.05) is 23.7 Å². The molecule has 0 bridgehead atoms. The number of aromatic amines is 1. The van der Waals surface area contributed by atoms with Gasteiger partial charge in [0.05, 0.1) is 12.2 Å². The number of nitrogens with zero attached hydrogens (tertiary/aromatic N) is 1. The largest absolute Gasteiger partial charge is 0.324 e. The number of hydrogen-bond donors (Lipinski definition) is 2. The normalized spacial score (nSPS) is 14.1. The summed E-state index contributed by atoms with van der Waals surface area (Å²) < 4.78 is 2.35. The molecule has 0 saturated carbocycles. The average Bonchev–Trinajstić information content (AvgIpc) is 2.94. The third-order valence-corrected chi connectivity index (χ3v) is 4.42. The summed E-state index contributed by atoms with van der Waals surface area (Å²) >= 11 is 11.4. The molecule has 114 valence electrons. The van der Waals surface area contributed by atoms with E-state index in [-0.39, 0.29) is 11.6 Å². The second kappa shape index (κ2) is 5.83. The summed E-state index contributed by atoms with van der Waals surface area (Å²) in [5, 5.41) is 0.659. The molecule has 6 heteroatoms. The zero-order chi connectivity index (χ0) is 15.9. The molecule has 0 spiro atoms. The SMILES string of the molecule is CC(N)c1cc(Cl)ccc1Cn1c2c(c(=O)[nH]c1=S)CC=C2. The summed E-state index contributed by atoms with van der Waals surface area (Å²) in [6, 6.07) is 5.55. The lowest BCUT2D eigenvalue weighted by Gasteiger charge is -2.17. The molecule has 0 radical (unpaired) electrons. The molecule has 0 amide bonds. The van der Waals surface area contributed by atoms with Crippen molar-refractivity contribution in [2.45, 2.75) is 25.9 Å². The van der Waals surface area contributed by atoms with Gasteiger partial charge < -0.3 is 10.3 Å². The maximum atomic E-state index is 11.9. The maximum Gasteiger partial charge on any atom is 0.255 e. The van der Waals surface area contributed by atoms with E-state index < -0.39 is 0 Å². The number of aromatic nitrogens is 2. The third-order valence-electron chi connectivity index (χ3n) is 3.86. The van der Waals surface area contributed by atoms with Crippen LogP contribution in [0.2, 0.25) is 5.02 Å². The predicted octanol–water partition coefficient (Wildman–Crippen LogP) is 3.20. The molecule has 1 atom stereocenters. The molecular weight excluding hydrogens is 318 g/mol. The second-order valence-electron chi connectivity index (χ2n) is 5.45. The van der Waals surface area contributed by atoms with Gasteiger partial charge in [0.15, 0.2) is 4.77 Å². The molecular formula is C16H16ClN3OS. The first-order valence-electron chi connectivity index (χ1n) is 7.04. The molecule has 1 aromatic carbocycles. The van der Waals surface area contributed by atoms with Crippen LogP contribution in [0.5, 0.6) is 0 Å². The number of H-pyrrole nitrogens is 1. The van der Waals surface area contributed by atoms with Gasteiger partial charge in [-0.2, -0.15) is 0 Å². The molecule has 0 fully saturated rings. The molecule has 22 heavy (non-hydrogen) atoms. The van der Waals surface area contributed by atoms with Crippen molar-refractivity contribution >= 4 is 29.9 Å². The summed E-state index contributed by atoms with van der Waals surface area (Å²) in [7, 11) is 0. The van der Waals surface area contributed by atoms with Gasteiger partial charge in [0.2, 0.25) is 0 Å². The Labute approximate surface area is 138 Å². The highest BCUT2D eigenvalue weighted by Gasteiger charge is 2.16. The fourth-order valence-corrected chi connectivity index (χ4v) is 3.20. The number of nitrogens with two attached hydrogens (primary N) is 1. The first kappa shape index (κ1) is 15.2. The van der Waals surface area contributed by atoms with E-state index in [1.807, 2.05) is 41.8 Å². The van der Waals surface area contributed by atoms with E-state index in [1.165, 1.54) is 0 Å². The first-order valence-corrected chi connectivity index (χ1v) is 7.82. The average molecular weight is 334 g/mol. The molecule has 1 aliphatic rings. The number of hydrogen-bond acceptors (Lipinski definition) is 3. The van der Waals surface area contributed by atoms with Crippen LogP contribution in [0.1, 0.15) is 35.3 Å². The number of fused-ring (bicyclic) bond motifs is 1.